The van der Waals surface area contributed by atoms with E-state index in [1.807, 2.05) is 24.3 Å². The number of nitrogens with zero attached hydrogens (tertiary/aromatic N) is 6. The molecule has 10 heteroatoms. The number of morpholine rings is 1. The summed E-state index contributed by atoms with van der Waals surface area (Å²) in [5, 5.41) is 2.86. The lowest BCUT2D eigenvalue weighted by Gasteiger charge is -2.28. The second kappa shape index (κ2) is 8.52. The van der Waals surface area contributed by atoms with E-state index in [1.54, 1.807) is 24.5 Å². The van der Waals surface area contributed by atoms with E-state index in [1.165, 1.54) is 6.20 Å². The lowest BCUT2D eigenvalue weighted by atomic mass is 10.1. The van der Waals surface area contributed by atoms with Crippen molar-refractivity contribution >= 4 is 34.5 Å². The van der Waals surface area contributed by atoms with E-state index < -0.39 is 0 Å². The van der Waals surface area contributed by atoms with Crippen molar-refractivity contribution in [3.05, 3.63) is 60.6 Å². The zero-order valence-electron chi connectivity index (χ0n) is 17.1. The average Bonchev–Trinajstić information content (AvgIpc) is 2.85. The predicted octanol–water partition coefficient (Wildman–Crippen LogP) is 2.15. The number of rotatable bonds is 4. The molecule has 0 unspecified atom stereocenters. The predicted molar refractivity (Wildman–Crippen MR) is 120 cm³/mol. The highest BCUT2D eigenvalue weighted by atomic mass is 16.5. The van der Waals surface area contributed by atoms with Gasteiger partial charge in [0.25, 0.3) is 5.91 Å². The molecule has 0 radical (unpaired) electrons. The minimum absolute atomic E-state index is 0.162. The molecule has 3 N–H and O–H groups in total. The molecule has 4 heterocycles. The van der Waals surface area contributed by atoms with Crippen LogP contribution in [0, 0.1) is 0 Å². The second-order valence-electron chi connectivity index (χ2n) is 7.21. The molecule has 0 aliphatic carbocycles. The summed E-state index contributed by atoms with van der Waals surface area (Å²) in [6, 6.07) is 10.8. The van der Waals surface area contributed by atoms with Gasteiger partial charge in [-0.15, -0.1) is 0 Å². The lowest BCUT2D eigenvalue weighted by molar-refractivity contribution is 0.102. The number of hydrogen-bond donors (Lipinski definition) is 2. The van der Waals surface area contributed by atoms with Crippen molar-refractivity contribution in [1.82, 2.24) is 24.9 Å². The minimum Gasteiger partial charge on any atom is -0.378 e. The highest BCUT2D eigenvalue weighted by Crippen LogP contribution is 2.26. The third kappa shape index (κ3) is 4.03. The molecule has 1 fully saturated rings. The number of hydrogen-bond acceptors (Lipinski definition) is 9. The number of nitrogens with one attached hydrogen (secondary N) is 1. The number of aromatic nitrogens is 5. The molecule has 1 amide bonds. The number of anilines is 3. The molecule has 0 saturated carbocycles. The number of ether oxygens (including phenoxy) is 1. The van der Waals surface area contributed by atoms with Crippen LogP contribution in [0.4, 0.5) is 17.5 Å². The summed E-state index contributed by atoms with van der Waals surface area (Å²) in [5.74, 6) is 0.599. The van der Waals surface area contributed by atoms with Gasteiger partial charge in [-0.25, -0.2) is 9.97 Å². The van der Waals surface area contributed by atoms with E-state index in [4.69, 9.17) is 15.5 Å². The number of carbonyl (C=O) groups is 1. The van der Waals surface area contributed by atoms with Crippen molar-refractivity contribution in [2.75, 3.05) is 42.3 Å². The zero-order valence-corrected chi connectivity index (χ0v) is 17.1. The Hall–Kier alpha value is -4.18. The summed E-state index contributed by atoms with van der Waals surface area (Å²) in [6.07, 6.45) is 4.80. The number of pyridine rings is 1. The van der Waals surface area contributed by atoms with E-state index >= 15 is 0 Å². The minimum atomic E-state index is -0.221. The average molecular weight is 428 g/mol. The molecule has 1 saturated heterocycles. The van der Waals surface area contributed by atoms with Crippen molar-refractivity contribution in [3.63, 3.8) is 0 Å². The number of nitrogen functional groups attached to an aromatic ring is 1. The first-order valence-corrected chi connectivity index (χ1v) is 10.1. The zero-order chi connectivity index (χ0) is 21.9. The SMILES string of the molecule is Nc1nc(N2CCOCC2)c2nc(-c3ccc(NC(=O)c4cccnc4)cc3)cnc2n1. The van der Waals surface area contributed by atoms with Crippen LogP contribution in [-0.2, 0) is 4.74 Å². The molecule has 1 aliphatic rings. The van der Waals surface area contributed by atoms with Crippen molar-refractivity contribution in [2.45, 2.75) is 0 Å². The Morgan fingerprint density at radius 3 is 2.59 bits per heavy atom. The van der Waals surface area contributed by atoms with Crippen LogP contribution in [0.3, 0.4) is 0 Å². The third-order valence-corrected chi connectivity index (χ3v) is 5.08. The van der Waals surface area contributed by atoms with E-state index in [0.29, 0.717) is 60.2 Å². The van der Waals surface area contributed by atoms with Gasteiger partial charge in [0.05, 0.1) is 30.7 Å². The van der Waals surface area contributed by atoms with E-state index in [-0.39, 0.29) is 11.9 Å². The van der Waals surface area contributed by atoms with E-state index in [2.05, 4.69) is 30.2 Å². The number of fused-ring (bicyclic) bond motifs is 1. The smallest absolute Gasteiger partial charge is 0.257 e. The van der Waals surface area contributed by atoms with Crippen molar-refractivity contribution < 1.29 is 9.53 Å². The van der Waals surface area contributed by atoms with Crippen molar-refractivity contribution in [3.8, 4) is 11.3 Å². The molecule has 32 heavy (non-hydrogen) atoms. The van der Waals surface area contributed by atoms with E-state index in [9.17, 15) is 4.79 Å². The van der Waals surface area contributed by atoms with Gasteiger partial charge in [0.2, 0.25) is 5.95 Å². The normalized spacial score (nSPS) is 13.8. The molecule has 0 atom stereocenters. The fourth-order valence-electron chi connectivity index (χ4n) is 3.47. The first-order valence-electron chi connectivity index (χ1n) is 10.1. The molecule has 0 bridgehead atoms. The van der Waals surface area contributed by atoms with Crippen LogP contribution in [0.25, 0.3) is 22.4 Å². The highest BCUT2D eigenvalue weighted by Gasteiger charge is 2.19. The van der Waals surface area contributed by atoms with Crippen molar-refractivity contribution in [2.24, 2.45) is 0 Å². The summed E-state index contributed by atoms with van der Waals surface area (Å²) >= 11 is 0. The Morgan fingerprint density at radius 1 is 1.03 bits per heavy atom. The van der Waals surface area contributed by atoms with Crippen LogP contribution >= 0.6 is 0 Å². The van der Waals surface area contributed by atoms with Gasteiger partial charge < -0.3 is 20.7 Å². The maximum atomic E-state index is 12.3. The Bertz CT molecular complexity index is 1260. The summed E-state index contributed by atoms with van der Waals surface area (Å²) in [4.78, 5) is 36.2. The maximum Gasteiger partial charge on any atom is 0.257 e. The fourth-order valence-corrected chi connectivity index (χ4v) is 3.47. The number of carbonyl (C=O) groups excluding carboxylic acids is 1. The summed E-state index contributed by atoms with van der Waals surface area (Å²) in [7, 11) is 0. The molecule has 0 spiro atoms. The first kappa shape index (κ1) is 19.8. The molecule has 160 valence electrons. The Morgan fingerprint density at radius 2 is 1.84 bits per heavy atom. The van der Waals surface area contributed by atoms with Gasteiger partial charge in [0.1, 0.15) is 0 Å². The summed E-state index contributed by atoms with van der Waals surface area (Å²) in [6.45, 7) is 2.63. The lowest BCUT2D eigenvalue weighted by Crippen LogP contribution is -2.37. The molecule has 3 aromatic heterocycles. The number of amides is 1. The largest absolute Gasteiger partial charge is 0.378 e. The maximum absolute atomic E-state index is 12.3. The van der Waals surface area contributed by atoms with Crippen LogP contribution in [0.5, 0.6) is 0 Å². The van der Waals surface area contributed by atoms with Crippen LogP contribution < -0.4 is 16.0 Å². The monoisotopic (exact) mass is 428 g/mol. The van der Waals surface area contributed by atoms with Gasteiger partial charge in [0.15, 0.2) is 17.0 Å². The summed E-state index contributed by atoms with van der Waals surface area (Å²) < 4.78 is 5.44. The van der Waals surface area contributed by atoms with Gasteiger partial charge in [-0.2, -0.15) is 9.97 Å². The Balaban J connectivity index is 1.43. The highest BCUT2D eigenvalue weighted by molar-refractivity contribution is 6.04. The fraction of sp³-hybridized carbons (Fsp3) is 0.182. The standard InChI is InChI=1S/C22H20N8O2/c23-22-28-19-18(20(29-22)30-8-10-32-11-9-30)27-17(13-25-19)14-3-5-16(6-4-14)26-21(31)15-2-1-7-24-12-15/h1-7,12-13H,8-11H2,(H,26,31)(H2,23,25,28,29). The molecular weight excluding hydrogens is 408 g/mol. The second-order valence-corrected chi connectivity index (χ2v) is 7.21. The molecule has 1 aromatic carbocycles. The Kier molecular flexibility index (Phi) is 5.26. The van der Waals surface area contributed by atoms with Crippen LogP contribution in [0.2, 0.25) is 0 Å². The molecule has 5 rings (SSSR count). The summed E-state index contributed by atoms with van der Waals surface area (Å²) in [5.41, 5.74) is 9.61. The van der Waals surface area contributed by atoms with Crippen LogP contribution in [0.15, 0.2) is 55.0 Å². The van der Waals surface area contributed by atoms with Gasteiger partial charge in [-0.3, -0.25) is 9.78 Å². The van der Waals surface area contributed by atoms with Crippen molar-refractivity contribution in [1.29, 1.82) is 0 Å². The topological polar surface area (TPSA) is 132 Å². The van der Waals surface area contributed by atoms with Crippen LogP contribution in [0.1, 0.15) is 10.4 Å². The number of nitrogens with two attached hydrogens (primary N) is 1. The third-order valence-electron chi connectivity index (χ3n) is 5.08. The van der Waals surface area contributed by atoms with Gasteiger partial charge in [-0.05, 0) is 24.3 Å². The molecule has 4 aromatic rings. The van der Waals surface area contributed by atoms with Crippen LogP contribution in [-0.4, -0.2) is 57.1 Å². The van der Waals surface area contributed by atoms with Gasteiger partial charge >= 0.3 is 0 Å². The first-order chi connectivity index (χ1) is 15.7. The molecular formula is C22H20N8O2. The molecule has 1 aliphatic heterocycles. The van der Waals surface area contributed by atoms with E-state index in [0.717, 1.165) is 5.56 Å². The van der Waals surface area contributed by atoms with Gasteiger partial charge in [-0.1, -0.05) is 12.1 Å². The molecule has 10 nitrogen and oxygen atoms in total. The quantitative estimate of drug-likeness (QED) is 0.502. The Labute approximate surface area is 183 Å². The van der Waals surface area contributed by atoms with Gasteiger partial charge in [0, 0.05) is 36.7 Å². The number of benzene rings is 1.